The monoisotopic (exact) mass is 151 g/mol. The highest BCUT2D eigenvalue weighted by Gasteiger charge is 2.07. The molecule has 11 heavy (non-hydrogen) atoms. The topological polar surface area (TPSA) is 33.1 Å². The van der Waals surface area contributed by atoms with E-state index in [4.69, 9.17) is 0 Å². The van der Waals surface area contributed by atoms with Crippen molar-refractivity contribution in [3.05, 3.63) is 29.6 Å². The van der Waals surface area contributed by atoms with Gasteiger partial charge in [-0.05, 0) is 25.0 Å². The highest BCUT2D eigenvalue weighted by molar-refractivity contribution is 5.19. The Balaban J connectivity index is 2.93. The first-order valence-corrected chi connectivity index (χ1v) is 3.85. The molecule has 60 valence electrons. The lowest BCUT2D eigenvalue weighted by Crippen LogP contribution is -2.00. The molecule has 0 saturated carbocycles. The molecule has 0 bridgehead atoms. The molecule has 2 nitrogen and oxygen atoms in total. The van der Waals surface area contributed by atoms with Gasteiger partial charge in [0, 0.05) is 6.20 Å². The summed E-state index contributed by atoms with van der Waals surface area (Å²) in [6.07, 6.45) is 2.02. The Morgan fingerprint density at radius 3 is 2.91 bits per heavy atom. The highest BCUT2D eigenvalue weighted by Crippen LogP contribution is 2.16. The number of rotatable bonds is 2. The van der Waals surface area contributed by atoms with Crippen LogP contribution in [0.15, 0.2) is 18.3 Å². The van der Waals surface area contributed by atoms with Crippen LogP contribution in [-0.4, -0.2) is 10.1 Å². The molecule has 0 fully saturated rings. The Morgan fingerprint density at radius 2 is 2.36 bits per heavy atom. The van der Waals surface area contributed by atoms with Crippen molar-refractivity contribution in [1.29, 1.82) is 0 Å². The predicted molar refractivity (Wildman–Crippen MR) is 44.2 cm³/mol. The maximum atomic E-state index is 9.45. The molecule has 0 aliphatic rings. The van der Waals surface area contributed by atoms with Crippen molar-refractivity contribution >= 4 is 0 Å². The van der Waals surface area contributed by atoms with Crippen molar-refractivity contribution in [2.45, 2.75) is 26.4 Å². The number of hydrogen-bond donors (Lipinski definition) is 1. The zero-order valence-corrected chi connectivity index (χ0v) is 6.91. The van der Waals surface area contributed by atoms with Crippen molar-refractivity contribution < 1.29 is 5.11 Å². The predicted octanol–water partition coefficient (Wildman–Crippen LogP) is 1.83. The molecule has 1 heterocycles. The van der Waals surface area contributed by atoms with E-state index in [1.54, 1.807) is 6.20 Å². The lowest BCUT2D eigenvalue weighted by atomic mass is 10.1. The van der Waals surface area contributed by atoms with Crippen molar-refractivity contribution in [2.24, 2.45) is 0 Å². The van der Waals surface area contributed by atoms with Crippen molar-refractivity contribution in [1.82, 2.24) is 4.98 Å². The molecule has 0 aromatic carbocycles. The van der Waals surface area contributed by atoms with Crippen LogP contribution in [0.3, 0.4) is 0 Å². The SMILES string of the molecule is CCC(O)c1ncccc1C. The van der Waals surface area contributed by atoms with Gasteiger partial charge in [0.15, 0.2) is 0 Å². The Bertz CT molecular complexity index is 235. The van der Waals surface area contributed by atoms with Gasteiger partial charge in [0.1, 0.15) is 0 Å². The lowest BCUT2D eigenvalue weighted by molar-refractivity contribution is 0.168. The van der Waals surface area contributed by atoms with E-state index in [1.165, 1.54) is 0 Å². The smallest absolute Gasteiger partial charge is 0.0959 e. The maximum absolute atomic E-state index is 9.45. The molecule has 0 aliphatic heterocycles. The van der Waals surface area contributed by atoms with Crippen LogP contribution in [0.5, 0.6) is 0 Å². The summed E-state index contributed by atoms with van der Waals surface area (Å²) >= 11 is 0. The Labute approximate surface area is 66.9 Å². The zero-order valence-electron chi connectivity index (χ0n) is 6.91. The molecular weight excluding hydrogens is 138 g/mol. The molecule has 2 heteroatoms. The zero-order chi connectivity index (χ0) is 8.27. The molecule has 1 aromatic heterocycles. The number of aromatic nitrogens is 1. The second-order valence-electron chi connectivity index (χ2n) is 2.63. The fourth-order valence-electron chi connectivity index (χ4n) is 1.04. The third-order valence-corrected chi connectivity index (χ3v) is 1.75. The van der Waals surface area contributed by atoms with Gasteiger partial charge in [0.2, 0.25) is 0 Å². The summed E-state index contributed by atoms with van der Waals surface area (Å²) < 4.78 is 0. The Hall–Kier alpha value is -0.890. The third-order valence-electron chi connectivity index (χ3n) is 1.75. The summed E-state index contributed by atoms with van der Waals surface area (Å²) in [4.78, 5) is 4.10. The van der Waals surface area contributed by atoms with Crippen LogP contribution < -0.4 is 0 Å². The molecule has 0 amide bonds. The third kappa shape index (κ3) is 1.77. The van der Waals surface area contributed by atoms with Crippen molar-refractivity contribution in [3.8, 4) is 0 Å². The van der Waals surface area contributed by atoms with Crippen LogP contribution in [0.25, 0.3) is 0 Å². The van der Waals surface area contributed by atoms with Gasteiger partial charge in [-0.3, -0.25) is 4.98 Å². The van der Waals surface area contributed by atoms with Gasteiger partial charge in [-0.25, -0.2) is 0 Å². The fourth-order valence-corrected chi connectivity index (χ4v) is 1.04. The van der Waals surface area contributed by atoms with Crippen molar-refractivity contribution in [3.63, 3.8) is 0 Å². The number of aryl methyl sites for hydroxylation is 1. The average molecular weight is 151 g/mol. The van der Waals surface area contributed by atoms with Gasteiger partial charge < -0.3 is 5.11 Å². The van der Waals surface area contributed by atoms with Gasteiger partial charge in [-0.15, -0.1) is 0 Å². The second kappa shape index (κ2) is 3.49. The molecule has 0 aliphatic carbocycles. The number of aliphatic hydroxyl groups excluding tert-OH is 1. The van der Waals surface area contributed by atoms with Gasteiger partial charge in [0.05, 0.1) is 11.8 Å². The molecule has 1 atom stereocenters. The van der Waals surface area contributed by atoms with E-state index in [9.17, 15) is 5.11 Å². The minimum Gasteiger partial charge on any atom is -0.387 e. The van der Waals surface area contributed by atoms with E-state index in [2.05, 4.69) is 4.98 Å². The van der Waals surface area contributed by atoms with E-state index in [0.29, 0.717) is 0 Å². The minimum absolute atomic E-state index is 0.406. The first kappa shape index (κ1) is 8.21. The van der Waals surface area contributed by atoms with E-state index < -0.39 is 6.10 Å². The Morgan fingerprint density at radius 1 is 1.64 bits per heavy atom. The number of aliphatic hydroxyl groups is 1. The van der Waals surface area contributed by atoms with Gasteiger partial charge in [0.25, 0.3) is 0 Å². The summed E-state index contributed by atoms with van der Waals surface area (Å²) in [5.41, 5.74) is 1.86. The summed E-state index contributed by atoms with van der Waals surface area (Å²) in [5, 5.41) is 9.45. The van der Waals surface area contributed by atoms with E-state index in [-0.39, 0.29) is 0 Å². The summed E-state index contributed by atoms with van der Waals surface area (Å²) in [6, 6.07) is 3.84. The first-order valence-electron chi connectivity index (χ1n) is 3.85. The second-order valence-corrected chi connectivity index (χ2v) is 2.63. The van der Waals surface area contributed by atoms with Crippen LogP contribution >= 0.6 is 0 Å². The highest BCUT2D eigenvalue weighted by atomic mass is 16.3. The molecule has 0 saturated heterocycles. The number of pyridine rings is 1. The van der Waals surface area contributed by atoms with Crippen LogP contribution in [0.2, 0.25) is 0 Å². The van der Waals surface area contributed by atoms with E-state index in [0.717, 1.165) is 17.7 Å². The van der Waals surface area contributed by atoms with Gasteiger partial charge in [-0.1, -0.05) is 13.0 Å². The number of nitrogens with zero attached hydrogens (tertiary/aromatic N) is 1. The maximum Gasteiger partial charge on any atom is 0.0959 e. The van der Waals surface area contributed by atoms with Crippen LogP contribution in [0, 0.1) is 6.92 Å². The summed E-state index contributed by atoms with van der Waals surface area (Å²) in [7, 11) is 0. The molecular formula is C9H13NO. The van der Waals surface area contributed by atoms with Crippen LogP contribution in [0.1, 0.15) is 30.7 Å². The van der Waals surface area contributed by atoms with Crippen LogP contribution in [-0.2, 0) is 0 Å². The molecule has 0 radical (unpaired) electrons. The molecule has 1 N–H and O–H groups in total. The number of hydrogen-bond acceptors (Lipinski definition) is 2. The van der Waals surface area contributed by atoms with E-state index in [1.807, 2.05) is 26.0 Å². The lowest BCUT2D eigenvalue weighted by Gasteiger charge is -2.08. The molecule has 1 rings (SSSR count). The minimum atomic E-state index is -0.406. The standard InChI is InChI=1S/C9H13NO/c1-3-8(11)9-7(2)5-4-6-10-9/h4-6,8,11H,3H2,1-2H3. The van der Waals surface area contributed by atoms with E-state index >= 15 is 0 Å². The summed E-state index contributed by atoms with van der Waals surface area (Å²) in [6.45, 7) is 3.90. The fraction of sp³-hybridized carbons (Fsp3) is 0.444. The van der Waals surface area contributed by atoms with Crippen molar-refractivity contribution in [2.75, 3.05) is 0 Å². The van der Waals surface area contributed by atoms with Crippen LogP contribution in [0.4, 0.5) is 0 Å². The largest absolute Gasteiger partial charge is 0.387 e. The average Bonchev–Trinajstić information content (AvgIpc) is 2.04. The molecule has 1 unspecified atom stereocenters. The first-order chi connectivity index (χ1) is 5.25. The quantitative estimate of drug-likeness (QED) is 0.699. The normalized spacial score (nSPS) is 13.0. The Kier molecular flexibility index (Phi) is 2.60. The van der Waals surface area contributed by atoms with Gasteiger partial charge >= 0.3 is 0 Å². The summed E-state index contributed by atoms with van der Waals surface area (Å²) in [5.74, 6) is 0. The molecule has 0 spiro atoms. The van der Waals surface area contributed by atoms with Gasteiger partial charge in [-0.2, -0.15) is 0 Å². The molecule has 1 aromatic rings.